The van der Waals surface area contributed by atoms with E-state index in [1.54, 1.807) is 12.1 Å². The van der Waals surface area contributed by atoms with Gasteiger partial charge in [0.2, 0.25) is 0 Å². The maximum Gasteiger partial charge on any atom is 0.488 e. The molecule has 86 valence electrons. The van der Waals surface area contributed by atoms with Crippen LogP contribution >= 0.6 is 0 Å². The van der Waals surface area contributed by atoms with Gasteiger partial charge in [-0.25, -0.2) is 0 Å². The van der Waals surface area contributed by atoms with Gasteiger partial charge in [0, 0.05) is 5.69 Å². The van der Waals surface area contributed by atoms with Crippen LogP contribution in [0.1, 0.15) is 43.6 Å². The number of hydrogen-bond donors (Lipinski definition) is 3. The fourth-order valence-corrected chi connectivity index (χ4v) is 2.54. The molecule has 0 aromatic heterocycles. The molecule has 0 bridgehead atoms. The second kappa shape index (κ2) is 4.89. The maximum atomic E-state index is 9.05. The summed E-state index contributed by atoms with van der Waals surface area (Å²) in [5.41, 5.74) is 8.30. The predicted octanol–water partition coefficient (Wildman–Crippen LogP) is 0.996. The van der Waals surface area contributed by atoms with E-state index in [2.05, 4.69) is 0 Å². The lowest BCUT2D eigenvalue weighted by Gasteiger charge is -2.23. The minimum absolute atomic E-state index is 0.469. The van der Waals surface area contributed by atoms with E-state index in [0.717, 1.165) is 0 Å². The summed E-state index contributed by atoms with van der Waals surface area (Å²) in [6.07, 6.45) is 6.27. The van der Waals surface area contributed by atoms with Crippen LogP contribution in [0.5, 0.6) is 0 Å². The Bertz CT molecular complexity index is 362. The van der Waals surface area contributed by atoms with Crippen molar-refractivity contribution in [3.05, 3.63) is 23.8 Å². The number of nitrogens with two attached hydrogens (primary N) is 1. The largest absolute Gasteiger partial charge is 0.488 e. The minimum atomic E-state index is -1.43. The monoisotopic (exact) mass is 219 g/mol. The molecule has 3 nitrogen and oxygen atoms in total. The molecule has 1 saturated carbocycles. The van der Waals surface area contributed by atoms with Gasteiger partial charge in [-0.05, 0) is 35.9 Å². The average Bonchev–Trinajstić information content (AvgIpc) is 2.30. The van der Waals surface area contributed by atoms with Crippen LogP contribution in [0.25, 0.3) is 0 Å². The van der Waals surface area contributed by atoms with Crippen molar-refractivity contribution in [1.82, 2.24) is 0 Å². The summed E-state index contributed by atoms with van der Waals surface area (Å²) in [6, 6.07) is 5.37. The van der Waals surface area contributed by atoms with E-state index in [0.29, 0.717) is 17.1 Å². The third-order valence-electron chi connectivity index (χ3n) is 3.45. The molecule has 4 N–H and O–H groups in total. The van der Waals surface area contributed by atoms with Crippen molar-refractivity contribution in [3.8, 4) is 0 Å². The first-order valence-electron chi connectivity index (χ1n) is 5.94. The Kier molecular flexibility index (Phi) is 3.51. The molecule has 0 radical (unpaired) electrons. The molecule has 2 rings (SSSR count). The molecule has 0 spiro atoms. The fraction of sp³-hybridized carbons (Fsp3) is 0.500. The van der Waals surface area contributed by atoms with Crippen LogP contribution in [-0.4, -0.2) is 17.2 Å². The lowest BCUT2D eigenvalue weighted by atomic mass is 9.77. The van der Waals surface area contributed by atoms with Gasteiger partial charge in [-0.2, -0.15) is 0 Å². The smallest absolute Gasteiger partial charge is 0.423 e. The van der Waals surface area contributed by atoms with Crippen LogP contribution < -0.4 is 11.2 Å². The Hall–Kier alpha value is -0.995. The number of hydrogen-bond acceptors (Lipinski definition) is 3. The zero-order chi connectivity index (χ0) is 11.5. The minimum Gasteiger partial charge on any atom is -0.423 e. The lowest BCUT2D eigenvalue weighted by molar-refractivity contribution is 0.425. The third-order valence-corrected chi connectivity index (χ3v) is 3.45. The molecular formula is C12H18BNO2. The van der Waals surface area contributed by atoms with Crippen molar-refractivity contribution in [2.45, 2.75) is 38.0 Å². The van der Waals surface area contributed by atoms with Crippen LogP contribution in [0.15, 0.2) is 18.2 Å². The van der Waals surface area contributed by atoms with Gasteiger partial charge in [0.15, 0.2) is 0 Å². The molecule has 1 aromatic rings. The predicted molar refractivity (Wildman–Crippen MR) is 66.5 cm³/mol. The van der Waals surface area contributed by atoms with Crippen molar-refractivity contribution in [2.24, 2.45) is 0 Å². The quantitative estimate of drug-likeness (QED) is 0.513. The van der Waals surface area contributed by atoms with Crippen molar-refractivity contribution >= 4 is 18.3 Å². The van der Waals surface area contributed by atoms with Crippen LogP contribution in [0.2, 0.25) is 0 Å². The zero-order valence-corrected chi connectivity index (χ0v) is 9.39. The first-order valence-corrected chi connectivity index (χ1v) is 5.94. The van der Waals surface area contributed by atoms with E-state index in [9.17, 15) is 0 Å². The number of anilines is 1. The Morgan fingerprint density at radius 2 is 1.81 bits per heavy atom. The molecule has 1 fully saturated rings. The average molecular weight is 219 g/mol. The number of nitrogen functional groups attached to an aromatic ring is 1. The van der Waals surface area contributed by atoms with E-state index in [4.69, 9.17) is 15.8 Å². The van der Waals surface area contributed by atoms with Crippen LogP contribution in [-0.2, 0) is 0 Å². The molecule has 1 aliphatic rings. The lowest BCUT2D eigenvalue weighted by Crippen LogP contribution is -2.30. The van der Waals surface area contributed by atoms with Crippen LogP contribution in [0, 0.1) is 0 Å². The summed E-state index contributed by atoms with van der Waals surface area (Å²) in [4.78, 5) is 0. The van der Waals surface area contributed by atoms with E-state index in [1.807, 2.05) is 6.07 Å². The molecule has 0 amide bonds. The van der Waals surface area contributed by atoms with Crippen molar-refractivity contribution in [1.29, 1.82) is 0 Å². The highest BCUT2D eigenvalue weighted by Crippen LogP contribution is 2.34. The Labute approximate surface area is 96.4 Å². The van der Waals surface area contributed by atoms with Crippen LogP contribution in [0.4, 0.5) is 5.69 Å². The normalized spacial score (nSPS) is 17.4. The summed E-state index contributed by atoms with van der Waals surface area (Å²) in [5.74, 6) is 0.554. The summed E-state index contributed by atoms with van der Waals surface area (Å²) >= 11 is 0. The van der Waals surface area contributed by atoms with E-state index < -0.39 is 7.12 Å². The molecule has 16 heavy (non-hydrogen) atoms. The summed E-state index contributed by atoms with van der Waals surface area (Å²) in [7, 11) is -1.43. The highest BCUT2D eigenvalue weighted by atomic mass is 16.4. The molecule has 0 heterocycles. The second-order valence-electron chi connectivity index (χ2n) is 4.60. The van der Waals surface area contributed by atoms with E-state index in [-0.39, 0.29) is 0 Å². The fourth-order valence-electron chi connectivity index (χ4n) is 2.54. The molecule has 4 heteroatoms. The van der Waals surface area contributed by atoms with E-state index >= 15 is 0 Å². The number of rotatable bonds is 2. The molecule has 0 atom stereocenters. The maximum absolute atomic E-state index is 9.05. The molecule has 1 aliphatic carbocycles. The van der Waals surface area contributed by atoms with Crippen LogP contribution in [0.3, 0.4) is 0 Å². The van der Waals surface area contributed by atoms with Crippen molar-refractivity contribution in [2.75, 3.05) is 5.73 Å². The standard InChI is InChI=1S/C12H18BNO2/c14-12-8-10(13(15)16)6-7-11(12)9-4-2-1-3-5-9/h6-9,15-16H,1-5,14H2. The summed E-state index contributed by atoms with van der Waals surface area (Å²) in [6.45, 7) is 0. The highest BCUT2D eigenvalue weighted by Gasteiger charge is 2.19. The SMILES string of the molecule is Nc1cc(B(O)O)ccc1C1CCCCC1. The van der Waals surface area contributed by atoms with Gasteiger partial charge < -0.3 is 15.8 Å². The highest BCUT2D eigenvalue weighted by molar-refractivity contribution is 6.58. The van der Waals surface area contributed by atoms with Gasteiger partial charge in [0.25, 0.3) is 0 Å². The van der Waals surface area contributed by atoms with E-state index in [1.165, 1.54) is 37.7 Å². The van der Waals surface area contributed by atoms with Crippen molar-refractivity contribution < 1.29 is 10.0 Å². The van der Waals surface area contributed by atoms with Gasteiger partial charge in [-0.15, -0.1) is 0 Å². The molecule has 0 saturated heterocycles. The first-order chi connectivity index (χ1) is 7.68. The van der Waals surface area contributed by atoms with Gasteiger partial charge in [0.1, 0.15) is 0 Å². The molecule has 0 unspecified atom stereocenters. The Balaban J connectivity index is 2.21. The van der Waals surface area contributed by atoms with Gasteiger partial charge >= 0.3 is 7.12 Å². The third kappa shape index (κ3) is 2.39. The van der Waals surface area contributed by atoms with Gasteiger partial charge in [-0.1, -0.05) is 31.4 Å². The van der Waals surface area contributed by atoms with Crippen molar-refractivity contribution in [3.63, 3.8) is 0 Å². The number of benzene rings is 1. The Morgan fingerprint density at radius 1 is 1.12 bits per heavy atom. The Morgan fingerprint density at radius 3 is 2.38 bits per heavy atom. The zero-order valence-electron chi connectivity index (χ0n) is 9.39. The van der Waals surface area contributed by atoms with Gasteiger partial charge in [-0.3, -0.25) is 0 Å². The molecular weight excluding hydrogens is 201 g/mol. The second-order valence-corrected chi connectivity index (χ2v) is 4.60. The molecule has 1 aromatic carbocycles. The van der Waals surface area contributed by atoms with Gasteiger partial charge in [0.05, 0.1) is 0 Å². The topological polar surface area (TPSA) is 66.5 Å². The summed E-state index contributed by atoms with van der Waals surface area (Å²) < 4.78 is 0. The summed E-state index contributed by atoms with van der Waals surface area (Å²) in [5, 5.41) is 18.1. The molecule has 0 aliphatic heterocycles. The first kappa shape index (κ1) is 11.5.